The fourth-order valence-electron chi connectivity index (χ4n) is 4.91. The van der Waals surface area contributed by atoms with Crippen molar-refractivity contribution in [1.29, 1.82) is 0 Å². The largest absolute Gasteiger partial charge is 0.396 e. The average molecular weight is 360 g/mol. The summed E-state index contributed by atoms with van der Waals surface area (Å²) in [4.78, 5) is 0. The van der Waals surface area contributed by atoms with Gasteiger partial charge in [-0.2, -0.15) is 0 Å². The van der Waals surface area contributed by atoms with Gasteiger partial charge >= 0.3 is 0 Å². The van der Waals surface area contributed by atoms with Crippen LogP contribution in [0, 0.1) is 0 Å². The molecule has 0 bridgehead atoms. The van der Waals surface area contributed by atoms with Crippen molar-refractivity contribution in [2.45, 2.75) is 76.0 Å². The maximum absolute atomic E-state index is 6.81. The lowest BCUT2D eigenvalue weighted by atomic mass is 10.2. The Morgan fingerprint density at radius 2 is 1.42 bits per heavy atom. The number of nitrogens with two attached hydrogens (primary N) is 1. The van der Waals surface area contributed by atoms with Crippen molar-refractivity contribution < 1.29 is 0 Å². The topological polar surface area (TPSA) is 30.9 Å². The standard InChI is InChI=1S/C20H30N2P2/c1-13-9-10-14(2)23(13)20-19(21)17-7-5-6-8-18(17)22(20)24-15(3)11-12-16(24)4/h5-8,13-16H,9-12,21H2,1-4H3. The molecule has 24 heavy (non-hydrogen) atoms. The van der Waals surface area contributed by atoms with Crippen molar-refractivity contribution in [3.63, 3.8) is 0 Å². The molecule has 2 aromatic rings. The highest BCUT2D eigenvalue weighted by atomic mass is 31.1. The first-order valence-corrected chi connectivity index (χ1v) is 12.4. The third-order valence-corrected chi connectivity index (χ3v) is 12.9. The molecule has 4 atom stereocenters. The van der Waals surface area contributed by atoms with E-state index in [1.165, 1.54) is 36.6 Å². The molecule has 130 valence electrons. The lowest BCUT2D eigenvalue weighted by Gasteiger charge is -2.31. The first-order chi connectivity index (χ1) is 11.5. The zero-order chi connectivity index (χ0) is 17.0. The molecular weight excluding hydrogens is 330 g/mol. The summed E-state index contributed by atoms with van der Waals surface area (Å²) in [5.74, 6) is 0. The van der Waals surface area contributed by atoms with Crippen LogP contribution < -0.4 is 11.2 Å². The van der Waals surface area contributed by atoms with E-state index in [0.717, 1.165) is 28.3 Å². The first kappa shape index (κ1) is 16.9. The number of nitrogen functional groups attached to an aromatic ring is 1. The number of hydrogen-bond acceptors (Lipinski definition) is 1. The highest BCUT2D eigenvalue weighted by Crippen LogP contribution is 2.62. The maximum Gasteiger partial charge on any atom is 0.0692 e. The van der Waals surface area contributed by atoms with Crippen molar-refractivity contribution in [1.82, 2.24) is 4.34 Å². The highest BCUT2D eigenvalue weighted by molar-refractivity contribution is 7.69. The monoisotopic (exact) mass is 360 g/mol. The summed E-state index contributed by atoms with van der Waals surface area (Å²) in [6, 6.07) is 8.90. The third-order valence-electron chi connectivity index (χ3n) is 6.20. The van der Waals surface area contributed by atoms with Gasteiger partial charge in [-0.05, 0) is 62.3 Å². The quantitative estimate of drug-likeness (QED) is 0.683. The van der Waals surface area contributed by atoms with Crippen LogP contribution >= 0.6 is 16.0 Å². The van der Waals surface area contributed by atoms with Gasteiger partial charge in [-0.1, -0.05) is 45.9 Å². The Morgan fingerprint density at radius 3 is 2.04 bits per heavy atom. The predicted molar refractivity (Wildman–Crippen MR) is 112 cm³/mol. The Hall–Kier alpha value is -0.580. The van der Waals surface area contributed by atoms with Crippen LogP contribution in [0.2, 0.25) is 0 Å². The molecule has 2 aliphatic heterocycles. The third kappa shape index (κ3) is 2.45. The summed E-state index contributed by atoms with van der Waals surface area (Å²) < 4.78 is 2.78. The zero-order valence-electron chi connectivity index (χ0n) is 15.4. The predicted octanol–water partition coefficient (Wildman–Crippen LogP) is 5.72. The molecular formula is C20H30N2P2. The molecule has 4 heteroatoms. The molecule has 2 saturated heterocycles. The van der Waals surface area contributed by atoms with Crippen LogP contribution in [0.15, 0.2) is 24.3 Å². The van der Waals surface area contributed by atoms with E-state index in [9.17, 15) is 0 Å². The van der Waals surface area contributed by atoms with E-state index in [1.54, 1.807) is 5.44 Å². The Morgan fingerprint density at radius 1 is 0.875 bits per heavy atom. The van der Waals surface area contributed by atoms with E-state index in [2.05, 4.69) is 56.3 Å². The van der Waals surface area contributed by atoms with Gasteiger partial charge in [0.05, 0.1) is 16.6 Å². The molecule has 4 unspecified atom stereocenters. The summed E-state index contributed by atoms with van der Waals surface area (Å²) in [7, 11) is -0.315. The van der Waals surface area contributed by atoms with Gasteiger partial charge in [0, 0.05) is 13.5 Å². The van der Waals surface area contributed by atoms with Gasteiger partial charge in [0.25, 0.3) is 0 Å². The van der Waals surface area contributed by atoms with E-state index in [4.69, 9.17) is 5.73 Å². The van der Waals surface area contributed by atoms with Crippen LogP contribution in [0.25, 0.3) is 10.9 Å². The highest BCUT2D eigenvalue weighted by Gasteiger charge is 2.40. The second-order valence-corrected chi connectivity index (χ2v) is 13.8. The van der Waals surface area contributed by atoms with Gasteiger partial charge in [-0.3, -0.25) is 0 Å². The van der Waals surface area contributed by atoms with Gasteiger partial charge in [0.1, 0.15) is 0 Å². The molecule has 0 spiro atoms. The minimum atomic E-state index is -0.164. The fourth-order valence-corrected chi connectivity index (χ4v) is 12.0. The van der Waals surface area contributed by atoms with Crippen molar-refractivity contribution in [2.75, 3.05) is 5.73 Å². The summed E-state index contributed by atoms with van der Waals surface area (Å²) in [5, 5.41) is 1.30. The van der Waals surface area contributed by atoms with Crippen molar-refractivity contribution in [3.05, 3.63) is 24.3 Å². The summed E-state index contributed by atoms with van der Waals surface area (Å²) in [5.41, 5.74) is 14.1. The molecule has 1 aromatic heterocycles. The van der Waals surface area contributed by atoms with Crippen LogP contribution in [-0.4, -0.2) is 27.0 Å². The summed E-state index contributed by atoms with van der Waals surface area (Å²) in [6.07, 6.45) is 5.50. The summed E-state index contributed by atoms with van der Waals surface area (Å²) >= 11 is 0. The number of benzene rings is 1. The van der Waals surface area contributed by atoms with Gasteiger partial charge < -0.3 is 10.1 Å². The zero-order valence-corrected chi connectivity index (χ0v) is 17.2. The molecule has 3 heterocycles. The molecule has 2 N–H and O–H groups in total. The van der Waals surface area contributed by atoms with Crippen LogP contribution in [0.3, 0.4) is 0 Å². The van der Waals surface area contributed by atoms with Gasteiger partial charge in [0.15, 0.2) is 0 Å². The average Bonchev–Trinajstić information content (AvgIpc) is 3.16. The van der Waals surface area contributed by atoms with Crippen LogP contribution in [0.5, 0.6) is 0 Å². The van der Waals surface area contributed by atoms with E-state index >= 15 is 0 Å². The van der Waals surface area contributed by atoms with Crippen molar-refractivity contribution in [2.24, 2.45) is 0 Å². The second kappa shape index (κ2) is 6.30. The molecule has 0 amide bonds. The molecule has 0 radical (unpaired) electrons. The molecule has 0 saturated carbocycles. The molecule has 4 rings (SSSR count). The van der Waals surface area contributed by atoms with E-state index in [-0.39, 0.29) is 16.0 Å². The SMILES string of the molecule is CC1CCC(C)P1c1c(N)c2ccccc2n1P1C(C)CCC1C. The number of hydrogen-bond donors (Lipinski definition) is 1. The van der Waals surface area contributed by atoms with E-state index in [1.807, 2.05) is 0 Å². The number of fused-ring (bicyclic) bond motifs is 1. The van der Waals surface area contributed by atoms with Gasteiger partial charge in [-0.25, -0.2) is 0 Å². The molecule has 1 aromatic carbocycles. The van der Waals surface area contributed by atoms with E-state index in [0.29, 0.717) is 0 Å². The molecule has 0 aliphatic carbocycles. The lowest BCUT2D eigenvalue weighted by Crippen LogP contribution is -2.23. The van der Waals surface area contributed by atoms with Crippen molar-refractivity contribution >= 4 is 38.0 Å². The number of aromatic nitrogens is 1. The van der Waals surface area contributed by atoms with Gasteiger partial charge in [0.2, 0.25) is 0 Å². The second-order valence-electron chi connectivity index (χ2n) is 7.90. The number of para-hydroxylation sites is 1. The Balaban J connectivity index is 1.98. The molecule has 2 fully saturated rings. The van der Waals surface area contributed by atoms with Crippen LogP contribution in [0.4, 0.5) is 5.69 Å². The van der Waals surface area contributed by atoms with E-state index < -0.39 is 0 Å². The smallest absolute Gasteiger partial charge is 0.0692 e. The molecule has 2 nitrogen and oxygen atoms in total. The number of anilines is 1. The first-order valence-electron chi connectivity index (χ1n) is 9.46. The Bertz CT molecular complexity index is 733. The van der Waals surface area contributed by atoms with Gasteiger partial charge in [-0.15, -0.1) is 0 Å². The molecule has 2 aliphatic rings. The maximum atomic E-state index is 6.81. The minimum absolute atomic E-state index is 0.151. The number of rotatable bonds is 2. The minimum Gasteiger partial charge on any atom is -0.396 e. The van der Waals surface area contributed by atoms with Crippen LogP contribution in [-0.2, 0) is 0 Å². The van der Waals surface area contributed by atoms with Crippen molar-refractivity contribution in [3.8, 4) is 0 Å². The summed E-state index contributed by atoms with van der Waals surface area (Å²) in [6.45, 7) is 9.87. The Kier molecular flexibility index (Phi) is 4.42. The number of nitrogens with zero attached hydrogens (tertiary/aromatic N) is 1. The fraction of sp³-hybridized carbons (Fsp3) is 0.600. The Labute approximate surface area is 148 Å². The lowest BCUT2D eigenvalue weighted by molar-refractivity contribution is 0.777. The normalized spacial score (nSPS) is 36.7. The van der Waals surface area contributed by atoms with Crippen LogP contribution in [0.1, 0.15) is 53.4 Å².